The van der Waals surface area contributed by atoms with Gasteiger partial charge < -0.3 is 9.15 Å². The van der Waals surface area contributed by atoms with Gasteiger partial charge in [-0.3, -0.25) is 0 Å². The van der Waals surface area contributed by atoms with Crippen LogP contribution in [0.5, 0.6) is 0 Å². The van der Waals surface area contributed by atoms with Crippen molar-refractivity contribution < 1.29 is 9.15 Å². The quantitative estimate of drug-likeness (QED) is 0.702. The summed E-state index contributed by atoms with van der Waals surface area (Å²) >= 11 is 0. The van der Waals surface area contributed by atoms with E-state index < -0.39 is 0 Å². The van der Waals surface area contributed by atoms with Crippen molar-refractivity contribution in [1.29, 1.82) is 0 Å². The number of rotatable bonds is 1. The largest absolute Gasteiger partial charge is 0.431 e. The van der Waals surface area contributed by atoms with Crippen LogP contribution in [-0.2, 0) is 4.74 Å². The minimum atomic E-state index is -0.254. The van der Waals surface area contributed by atoms with Crippen molar-refractivity contribution in [3.05, 3.63) is 68.8 Å². The van der Waals surface area contributed by atoms with E-state index in [1.807, 2.05) is 6.07 Å². The summed E-state index contributed by atoms with van der Waals surface area (Å²) in [6, 6.07) is 3.57. The fourth-order valence-electron chi connectivity index (χ4n) is 6.67. The van der Waals surface area contributed by atoms with E-state index in [0.717, 1.165) is 12.8 Å². The van der Waals surface area contributed by atoms with Gasteiger partial charge in [0.15, 0.2) is 0 Å². The molecule has 27 heavy (non-hydrogen) atoms. The molecule has 3 heterocycles. The number of fused-ring (bicyclic) bond motifs is 2. The third-order valence-corrected chi connectivity index (χ3v) is 8.16. The number of ether oxygens (including phenoxy) is 1. The van der Waals surface area contributed by atoms with Gasteiger partial charge >= 0.3 is 5.63 Å². The number of allylic oxidation sites excluding steroid dienone is 4. The van der Waals surface area contributed by atoms with Crippen LogP contribution in [0.4, 0.5) is 0 Å². The van der Waals surface area contributed by atoms with Crippen LogP contribution in [-0.4, -0.2) is 12.2 Å². The Morgan fingerprint density at radius 3 is 2.81 bits per heavy atom. The van der Waals surface area contributed by atoms with Crippen LogP contribution in [0.3, 0.4) is 0 Å². The highest BCUT2D eigenvalue weighted by Gasteiger charge is 2.51. The Bertz CT molecular complexity index is 936. The van der Waals surface area contributed by atoms with Gasteiger partial charge in [-0.1, -0.05) is 24.6 Å². The van der Waals surface area contributed by atoms with E-state index in [1.54, 1.807) is 34.6 Å². The predicted octanol–water partition coefficient (Wildman–Crippen LogP) is 5.05. The molecule has 2 fully saturated rings. The Hall–Kier alpha value is -1.87. The average Bonchev–Trinajstić information content (AvgIpc) is 2.87. The lowest BCUT2D eigenvalue weighted by Crippen LogP contribution is -2.43. The lowest BCUT2D eigenvalue weighted by molar-refractivity contribution is -0.113. The third kappa shape index (κ3) is 2.27. The van der Waals surface area contributed by atoms with Crippen LogP contribution in [0.2, 0.25) is 0 Å². The molecule has 4 aliphatic carbocycles. The van der Waals surface area contributed by atoms with E-state index in [2.05, 4.69) is 19.1 Å². The maximum Gasteiger partial charge on any atom is 0.335 e. The molecule has 2 bridgehead atoms. The second-order valence-electron chi connectivity index (χ2n) is 9.38. The molecule has 0 N–H and O–H groups in total. The van der Waals surface area contributed by atoms with Crippen molar-refractivity contribution in [2.45, 2.75) is 70.0 Å². The Labute approximate surface area is 159 Å². The fraction of sp³-hybridized carbons (Fsp3) is 0.542. The molecular weight excluding hydrogens is 336 g/mol. The minimum absolute atomic E-state index is 0.254. The van der Waals surface area contributed by atoms with Crippen LogP contribution >= 0.6 is 0 Å². The van der Waals surface area contributed by atoms with Crippen molar-refractivity contribution in [2.24, 2.45) is 11.3 Å². The van der Waals surface area contributed by atoms with Crippen molar-refractivity contribution in [2.75, 3.05) is 0 Å². The second kappa shape index (κ2) is 5.57. The minimum Gasteiger partial charge on any atom is -0.431 e. The van der Waals surface area contributed by atoms with Gasteiger partial charge in [-0.25, -0.2) is 4.79 Å². The molecule has 2 aliphatic heterocycles. The van der Waals surface area contributed by atoms with Gasteiger partial charge in [-0.2, -0.15) is 0 Å². The molecule has 1 aromatic heterocycles. The monoisotopic (exact) mass is 362 g/mol. The highest BCUT2D eigenvalue weighted by Crippen LogP contribution is 2.62. The van der Waals surface area contributed by atoms with Crippen LogP contribution in [0.25, 0.3) is 0 Å². The van der Waals surface area contributed by atoms with Gasteiger partial charge in [0.25, 0.3) is 0 Å². The molecule has 0 aromatic carbocycles. The molecule has 3 heteroatoms. The summed E-state index contributed by atoms with van der Waals surface area (Å²) in [5, 5.41) is 0. The molecule has 3 nitrogen and oxygen atoms in total. The van der Waals surface area contributed by atoms with Crippen molar-refractivity contribution in [3.8, 4) is 0 Å². The van der Waals surface area contributed by atoms with E-state index in [9.17, 15) is 4.79 Å². The molecule has 1 saturated heterocycles. The first kappa shape index (κ1) is 16.1. The first-order chi connectivity index (χ1) is 13.1. The van der Waals surface area contributed by atoms with Gasteiger partial charge in [-0.15, -0.1) is 0 Å². The average molecular weight is 362 g/mol. The Morgan fingerprint density at radius 1 is 1.15 bits per heavy atom. The van der Waals surface area contributed by atoms with Crippen LogP contribution in [0.1, 0.15) is 63.4 Å². The summed E-state index contributed by atoms with van der Waals surface area (Å²) in [6.45, 7) is 2.47. The molecule has 1 saturated carbocycles. The molecule has 7 rings (SSSR count). The molecule has 0 unspecified atom stereocenters. The number of hydrogen-bond acceptors (Lipinski definition) is 3. The second-order valence-corrected chi connectivity index (χ2v) is 9.38. The van der Waals surface area contributed by atoms with Crippen molar-refractivity contribution >= 4 is 0 Å². The zero-order valence-corrected chi connectivity index (χ0v) is 15.9. The lowest BCUT2D eigenvalue weighted by Gasteiger charge is -2.45. The predicted molar refractivity (Wildman–Crippen MR) is 103 cm³/mol. The molecule has 1 aromatic rings. The van der Waals surface area contributed by atoms with Gasteiger partial charge in [0, 0.05) is 12.5 Å². The zero-order valence-electron chi connectivity index (χ0n) is 15.9. The molecule has 6 aliphatic rings. The standard InChI is InChI=1S/C24H26O3/c1-24-9-8-15-11-19-14(10-17-12-22(19)27-17)2-4-18(15)21(24)6-5-20(24)16-3-7-23(25)26-13-16/h2-4,7,13,17,20-22H,5-6,8-12H2,1H3/t17-,20-,21-,22-,24-/m1/s1. The maximum absolute atomic E-state index is 11.4. The fourth-order valence-corrected chi connectivity index (χ4v) is 6.67. The summed E-state index contributed by atoms with van der Waals surface area (Å²) in [6.07, 6.45) is 15.8. The molecule has 0 radical (unpaired) electrons. The van der Waals surface area contributed by atoms with E-state index in [1.165, 1.54) is 37.7 Å². The molecule has 140 valence electrons. The van der Waals surface area contributed by atoms with Crippen LogP contribution < -0.4 is 5.63 Å². The summed E-state index contributed by atoms with van der Waals surface area (Å²) in [4.78, 5) is 11.4. The maximum atomic E-state index is 11.4. The highest BCUT2D eigenvalue weighted by atomic mass is 16.5. The summed E-state index contributed by atoms with van der Waals surface area (Å²) < 4.78 is 11.2. The Kier molecular flexibility index (Phi) is 3.33. The summed E-state index contributed by atoms with van der Waals surface area (Å²) in [5.41, 5.74) is 7.60. The number of hydrogen-bond donors (Lipinski definition) is 0. The van der Waals surface area contributed by atoms with Gasteiger partial charge in [0.2, 0.25) is 0 Å². The van der Waals surface area contributed by atoms with Crippen LogP contribution in [0, 0.1) is 11.3 Å². The smallest absolute Gasteiger partial charge is 0.335 e. The van der Waals surface area contributed by atoms with Crippen molar-refractivity contribution in [1.82, 2.24) is 0 Å². The molecule has 5 atom stereocenters. The first-order valence-electron chi connectivity index (χ1n) is 10.5. The zero-order chi connectivity index (χ0) is 18.2. The Morgan fingerprint density at radius 2 is 2.00 bits per heavy atom. The van der Waals surface area contributed by atoms with Gasteiger partial charge in [0.1, 0.15) is 0 Å². The van der Waals surface area contributed by atoms with Gasteiger partial charge in [-0.05, 0) is 84.1 Å². The third-order valence-electron chi connectivity index (χ3n) is 8.16. The summed E-state index contributed by atoms with van der Waals surface area (Å²) in [7, 11) is 0. The van der Waals surface area contributed by atoms with Gasteiger partial charge in [0.05, 0.1) is 18.5 Å². The van der Waals surface area contributed by atoms with E-state index in [-0.39, 0.29) is 11.0 Å². The first-order valence-corrected chi connectivity index (χ1v) is 10.5. The highest BCUT2D eigenvalue weighted by molar-refractivity contribution is 5.48. The molecular formula is C24H26O3. The SMILES string of the molecule is C[C@]12CCC3=C(C=CC4=C(C3)[C@H]3C[C@@H](C4)O3)[C@H]1CC[C@@H]2c1ccc(=O)oc1. The topological polar surface area (TPSA) is 39.4 Å². The van der Waals surface area contributed by atoms with Crippen molar-refractivity contribution in [3.63, 3.8) is 0 Å². The van der Waals surface area contributed by atoms with E-state index >= 15 is 0 Å². The molecule has 0 amide bonds. The van der Waals surface area contributed by atoms with E-state index in [4.69, 9.17) is 9.15 Å². The Balaban J connectivity index is 1.35. The van der Waals surface area contributed by atoms with E-state index in [0.29, 0.717) is 24.0 Å². The normalized spacial score (nSPS) is 39.4. The summed E-state index contributed by atoms with van der Waals surface area (Å²) in [5.74, 6) is 1.10. The van der Waals surface area contributed by atoms with Crippen LogP contribution in [0.15, 0.2) is 62.1 Å². The lowest BCUT2D eigenvalue weighted by atomic mass is 9.62. The molecule has 0 spiro atoms.